The second-order valence-corrected chi connectivity index (χ2v) is 35.7. The summed E-state index contributed by atoms with van der Waals surface area (Å²) in [4.78, 5) is 50.6. The van der Waals surface area contributed by atoms with Gasteiger partial charge in [0, 0.05) is 87.6 Å². The summed E-state index contributed by atoms with van der Waals surface area (Å²) >= 11 is 12.0. The highest BCUT2D eigenvalue weighted by Gasteiger charge is 2.45. The summed E-state index contributed by atoms with van der Waals surface area (Å²) in [5.74, 6) is 1.44. The van der Waals surface area contributed by atoms with Gasteiger partial charge in [-0.15, -0.1) is 0 Å². The van der Waals surface area contributed by atoms with Crippen LogP contribution in [0.3, 0.4) is 0 Å². The number of nitrogens with two attached hydrogens (primary N) is 4. The van der Waals surface area contributed by atoms with Crippen LogP contribution in [0, 0.1) is 0 Å². The first-order valence-electron chi connectivity index (χ1n) is 41.0. The lowest BCUT2D eigenvalue weighted by molar-refractivity contribution is -0.137. The minimum Gasteiger partial charge on any atom is -0.382 e. The lowest BCUT2D eigenvalue weighted by atomic mass is 9.77. The second-order valence-electron chi connectivity index (χ2n) is 31.5. The number of amides is 2. The van der Waals surface area contributed by atoms with Crippen molar-refractivity contribution >= 4 is 145 Å². The number of benzene rings is 7. The number of fused-ring (bicyclic) bond motifs is 4. The largest absolute Gasteiger partial charge is 0.416 e. The van der Waals surface area contributed by atoms with E-state index < -0.39 is 42.6 Å². The van der Waals surface area contributed by atoms with Crippen molar-refractivity contribution in [2.24, 2.45) is 21.1 Å². The first-order valence-corrected chi connectivity index (χ1v) is 44.7. The molecule has 0 radical (unpaired) electrons. The average Bonchev–Trinajstić information content (AvgIpc) is 1.26. The summed E-state index contributed by atoms with van der Waals surface area (Å²) < 4.78 is 102. The molecule has 9 heterocycles. The molecule has 7 aromatic carbocycles. The molecule has 28 nitrogen and oxygen atoms in total. The second kappa shape index (κ2) is 37.0. The fourth-order valence-electron chi connectivity index (χ4n) is 16.5. The number of likely N-dealkylation sites (N-methyl/N-ethyl adjacent to an activating group) is 1. The molecule has 16 aromatic rings. The number of rotatable bonds is 20. The van der Waals surface area contributed by atoms with Gasteiger partial charge in [0.1, 0.15) is 9.79 Å². The summed E-state index contributed by atoms with van der Waals surface area (Å²) in [6, 6.07) is 57.9. The van der Waals surface area contributed by atoms with Gasteiger partial charge in [-0.05, 0) is 211 Å². The minimum atomic E-state index is -4.46. The highest BCUT2D eigenvalue weighted by Crippen LogP contribution is 2.47. The molecule has 2 amide bonds. The molecule has 9 aromatic heterocycles. The fourth-order valence-corrected chi connectivity index (χ4v) is 19.4. The number of anilines is 8. The Bertz CT molecular complexity index is 7050. The van der Waals surface area contributed by atoms with Gasteiger partial charge in [-0.2, -0.15) is 33.6 Å². The van der Waals surface area contributed by atoms with Gasteiger partial charge in [-0.25, -0.2) is 55.5 Å². The van der Waals surface area contributed by atoms with E-state index in [1.807, 2.05) is 91.6 Å². The van der Waals surface area contributed by atoms with Crippen LogP contribution in [-0.4, -0.2) is 118 Å². The predicted octanol–water partition coefficient (Wildman–Crippen LogP) is 17.7. The van der Waals surface area contributed by atoms with E-state index in [1.54, 1.807) is 121 Å². The molecule has 656 valence electrons. The Morgan fingerprint density at radius 3 is 1.27 bits per heavy atom. The zero-order valence-electron chi connectivity index (χ0n) is 70.5. The SMILES string of the molecule is CCc1cccc(C2(C(=O)Nc3ccc(-c4ccnc5c4c(N)nn5CCN(C)C)cc3)CCCC2)c1.Cn1nc(N)c2c(-c3ccc(NC(=O)C4(c5cccc(C(F)(F)F)c5)CCCC4)cc3)ccnc21.Cn1nc(N)c2c(-c3ccc(NS(=O)(=O)c4cccc(Cl)c4Cl)cc3)ccnc21.Cn1nc(N)c2c(-c3ccc(NS(=O)(=O)c4cccnc4)cc3)ccnc21. The molecular formula is C93H91Cl2F3N22O6S2. The van der Waals surface area contributed by atoms with E-state index in [0.29, 0.717) is 82.2 Å². The smallest absolute Gasteiger partial charge is 0.382 e. The van der Waals surface area contributed by atoms with Crippen molar-refractivity contribution in [1.29, 1.82) is 0 Å². The topological polar surface area (TPSA) is 394 Å². The third kappa shape index (κ3) is 18.6. The van der Waals surface area contributed by atoms with Gasteiger partial charge < -0.3 is 38.5 Å². The maximum atomic E-state index is 13.7. The van der Waals surface area contributed by atoms with Crippen LogP contribution >= 0.6 is 23.2 Å². The summed E-state index contributed by atoms with van der Waals surface area (Å²) in [6.45, 7) is 3.72. The number of hydrogen-bond acceptors (Lipinski definition) is 20. The molecule has 0 unspecified atom stereocenters. The van der Waals surface area contributed by atoms with E-state index in [4.69, 9.17) is 46.1 Å². The van der Waals surface area contributed by atoms with E-state index >= 15 is 0 Å². The Labute approximate surface area is 746 Å². The van der Waals surface area contributed by atoms with Crippen molar-refractivity contribution in [1.82, 2.24) is 68.9 Å². The number of pyridine rings is 5. The molecule has 128 heavy (non-hydrogen) atoms. The van der Waals surface area contributed by atoms with Crippen LogP contribution in [0.15, 0.2) is 247 Å². The van der Waals surface area contributed by atoms with Crippen molar-refractivity contribution in [3.63, 3.8) is 0 Å². The molecule has 2 aliphatic carbocycles. The molecule has 0 saturated heterocycles. The first kappa shape index (κ1) is 89.0. The Hall–Kier alpha value is -13.9. The molecule has 0 bridgehead atoms. The quantitative estimate of drug-likeness (QED) is 0.0351. The minimum absolute atomic E-state index is 0.0236. The van der Waals surface area contributed by atoms with Crippen molar-refractivity contribution in [3.8, 4) is 44.5 Å². The van der Waals surface area contributed by atoms with E-state index in [2.05, 4.69) is 101 Å². The zero-order chi connectivity index (χ0) is 90.6. The number of alkyl halides is 3. The van der Waals surface area contributed by atoms with Crippen LogP contribution in [0.2, 0.25) is 10.0 Å². The molecular weight excluding hydrogens is 1710 g/mol. The number of carbonyl (C=O) groups is 2. The number of nitrogens with one attached hydrogen (secondary N) is 4. The van der Waals surface area contributed by atoms with Crippen molar-refractivity contribution < 1.29 is 39.6 Å². The molecule has 18 rings (SSSR count). The molecule has 0 aliphatic heterocycles. The summed E-state index contributed by atoms with van der Waals surface area (Å²) in [5.41, 5.74) is 37.3. The Morgan fingerprint density at radius 2 is 0.859 bits per heavy atom. The monoisotopic (exact) mass is 1800 g/mol. The van der Waals surface area contributed by atoms with Gasteiger partial charge in [0.25, 0.3) is 20.0 Å². The van der Waals surface area contributed by atoms with Crippen molar-refractivity contribution in [2.75, 3.05) is 63.7 Å². The third-order valence-electron chi connectivity index (χ3n) is 23.0. The molecule has 35 heteroatoms. The van der Waals surface area contributed by atoms with E-state index in [-0.39, 0.29) is 31.7 Å². The van der Waals surface area contributed by atoms with Crippen LogP contribution in [0.25, 0.3) is 88.6 Å². The number of sulfonamides is 2. The van der Waals surface area contributed by atoms with E-state index in [9.17, 15) is 39.6 Å². The standard InChI is InChI=1S/C30H36N6O.C26H24F3N5O.C19H15Cl2N5O2S.C18H16N6O2S/c1-4-21-8-7-9-23(20-21)30(15-5-6-16-30)29(37)33-24-12-10-22(11-13-24)25-14-17-32-28-26(25)27(31)34-36(28)19-18-35(2)3;1-34-23-21(22(30)33-34)20(11-14-31-23)16-7-9-19(10-8-16)32-24(35)25(12-2-3-13-25)17-5-4-6-18(15-17)26(27,28)29;1-26-19-16(18(22)24-26)13(9-10-23-19)11-5-7-12(8-6-11)25-29(27,28)15-4-2-3-14(20)17(15)21;1-24-18-16(17(19)22-24)15(8-10-21-18)12-4-6-13(7-5-12)23-27(25,26)14-3-2-9-20-11-14/h7-14,17,20H,4-6,15-16,18-19H2,1-3H3,(H2,31,34)(H,33,37);4-11,14-15H,2-3,12-13H2,1H3,(H2,30,33)(H,32,35);2-10,25H,1H3,(H2,22,24);2-11,23H,1H3,(H2,19,22). The number of aromatic nitrogens is 13. The van der Waals surface area contributed by atoms with Gasteiger partial charge in [0.2, 0.25) is 11.8 Å². The van der Waals surface area contributed by atoms with E-state index in [1.165, 1.54) is 48.3 Å². The predicted molar refractivity (Wildman–Crippen MR) is 498 cm³/mol. The highest BCUT2D eigenvalue weighted by atomic mass is 35.5. The molecule has 0 spiro atoms. The molecule has 0 atom stereocenters. The normalized spacial score (nSPS) is 13.6. The fraction of sp³-hybridized carbons (Fsp3) is 0.215. The number of nitrogens with zero attached hydrogens (tertiary/aromatic N) is 14. The third-order valence-corrected chi connectivity index (χ3v) is 26.8. The van der Waals surface area contributed by atoms with Crippen molar-refractivity contribution in [3.05, 3.63) is 270 Å². The van der Waals surface area contributed by atoms with Crippen LogP contribution in [0.4, 0.5) is 59.2 Å². The van der Waals surface area contributed by atoms with E-state index in [0.717, 1.165) is 147 Å². The molecule has 12 N–H and O–H groups in total. The van der Waals surface area contributed by atoms with Crippen LogP contribution in [0.1, 0.15) is 80.5 Å². The average molecular weight is 1800 g/mol. The first-order chi connectivity index (χ1) is 61.3. The summed E-state index contributed by atoms with van der Waals surface area (Å²) in [6.07, 6.45) is 12.7. The van der Waals surface area contributed by atoms with Crippen molar-refractivity contribution in [2.45, 2.75) is 98.1 Å². The van der Waals surface area contributed by atoms with Gasteiger partial charge >= 0.3 is 6.18 Å². The number of hydrogen-bond donors (Lipinski definition) is 8. The van der Waals surface area contributed by atoms with Crippen LogP contribution in [-0.2, 0) is 80.8 Å². The maximum absolute atomic E-state index is 13.7. The van der Waals surface area contributed by atoms with Gasteiger partial charge in [0.15, 0.2) is 45.9 Å². The Morgan fingerprint density at radius 1 is 0.469 bits per heavy atom. The van der Waals surface area contributed by atoms with Crippen LogP contribution < -0.4 is 43.0 Å². The van der Waals surface area contributed by atoms with Gasteiger partial charge in [0.05, 0.1) is 54.5 Å². The molecule has 2 fully saturated rings. The number of halogens is 5. The maximum Gasteiger partial charge on any atom is 0.416 e. The molecule has 2 saturated carbocycles. The van der Waals surface area contributed by atoms with Crippen LogP contribution in [0.5, 0.6) is 0 Å². The molecule has 2 aliphatic rings. The Kier molecular flexibility index (Phi) is 25.7. The Balaban J connectivity index is 0.000000132. The van der Waals surface area contributed by atoms with Gasteiger partial charge in [-0.1, -0.05) is 153 Å². The summed E-state index contributed by atoms with van der Waals surface area (Å²) in [7, 11) is 1.82. The lowest BCUT2D eigenvalue weighted by Crippen LogP contribution is -2.38. The number of aryl methyl sites for hydroxylation is 4. The highest BCUT2D eigenvalue weighted by molar-refractivity contribution is 7.93. The summed E-state index contributed by atoms with van der Waals surface area (Å²) in [5, 5.41) is 26.6. The number of carbonyl (C=O) groups excluding carboxylic acids is 2. The lowest BCUT2D eigenvalue weighted by Gasteiger charge is -2.29. The zero-order valence-corrected chi connectivity index (χ0v) is 73.7. The van der Waals surface area contributed by atoms with Gasteiger partial charge in [-0.3, -0.25) is 24.0 Å². The number of nitrogen functional groups attached to an aromatic ring is 4.